The molecule has 2 aromatic rings. The zero-order valence-electron chi connectivity index (χ0n) is 16.1. The standard InChI is InChI=1S/C21H23BrN2O5/c1-28-19(25)13-17(14-4-6-16(22)7-5-14)23-20(26)15-8-10-24(11-9-15)21(27)18-3-2-12-29-18/h2-7,12,15,17H,8-11,13H2,1H3,(H,23,26). The van der Waals surface area contributed by atoms with Gasteiger partial charge in [-0.15, -0.1) is 0 Å². The highest BCUT2D eigenvalue weighted by molar-refractivity contribution is 9.10. The van der Waals surface area contributed by atoms with Crippen molar-refractivity contribution < 1.29 is 23.5 Å². The summed E-state index contributed by atoms with van der Waals surface area (Å²) in [7, 11) is 1.33. The number of nitrogens with zero attached hydrogens (tertiary/aromatic N) is 1. The molecule has 0 spiro atoms. The first kappa shape index (κ1) is 21.1. The first-order valence-electron chi connectivity index (χ1n) is 9.43. The van der Waals surface area contributed by atoms with Crippen LogP contribution >= 0.6 is 15.9 Å². The summed E-state index contributed by atoms with van der Waals surface area (Å²) in [6, 6.07) is 10.3. The van der Waals surface area contributed by atoms with Gasteiger partial charge in [-0.2, -0.15) is 0 Å². The fourth-order valence-corrected chi connectivity index (χ4v) is 3.65. The van der Waals surface area contributed by atoms with Gasteiger partial charge >= 0.3 is 5.97 Å². The highest BCUT2D eigenvalue weighted by atomic mass is 79.9. The summed E-state index contributed by atoms with van der Waals surface area (Å²) >= 11 is 3.39. The van der Waals surface area contributed by atoms with Crippen molar-refractivity contribution in [1.82, 2.24) is 10.2 Å². The van der Waals surface area contributed by atoms with Crippen molar-refractivity contribution in [3.63, 3.8) is 0 Å². The number of furan rings is 1. The van der Waals surface area contributed by atoms with Gasteiger partial charge in [-0.3, -0.25) is 14.4 Å². The molecule has 1 aromatic heterocycles. The SMILES string of the molecule is COC(=O)CC(NC(=O)C1CCN(C(=O)c2ccco2)CC1)c1ccc(Br)cc1. The van der Waals surface area contributed by atoms with Gasteiger partial charge in [0.15, 0.2) is 5.76 Å². The Kier molecular flexibility index (Phi) is 7.09. The second-order valence-corrected chi connectivity index (χ2v) is 7.85. The second kappa shape index (κ2) is 9.73. The molecular formula is C21H23BrN2O5. The fourth-order valence-electron chi connectivity index (χ4n) is 3.39. The number of methoxy groups -OCH3 is 1. The van der Waals surface area contributed by atoms with Gasteiger partial charge in [-0.25, -0.2) is 0 Å². The summed E-state index contributed by atoms with van der Waals surface area (Å²) in [5.74, 6) is -0.580. The molecule has 1 saturated heterocycles. The number of benzene rings is 1. The number of likely N-dealkylation sites (tertiary alicyclic amines) is 1. The second-order valence-electron chi connectivity index (χ2n) is 6.94. The van der Waals surface area contributed by atoms with Crippen LogP contribution in [0.4, 0.5) is 0 Å². The average Bonchev–Trinajstić information content (AvgIpc) is 3.28. The minimum absolute atomic E-state index is 0.0553. The van der Waals surface area contributed by atoms with Crippen LogP contribution in [0.15, 0.2) is 51.6 Å². The van der Waals surface area contributed by atoms with Crippen molar-refractivity contribution in [3.8, 4) is 0 Å². The van der Waals surface area contributed by atoms with Crippen molar-refractivity contribution in [2.24, 2.45) is 5.92 Å². The predicted molar refractivity (Wildman–Crippen MR) is 109 cm³/mol. The van der Waals surface area contributed by atoms with E-state index in [0.29, 0.717) is 31.7 Å². The number of halogens is 1. The Labute approximate surface area is 177 Å². The molecule has 8 heteroatoms. The third-order valence-electron chi connectivity index (χ3n) is 5.07. The minimum atomic E-state index is -0.467. The van der Waals surface area contributed by atoms with Gasteiger partial charge < -0.3 is 19.4 Å². The molecule has 1 aromatic carbocycles. The molecule has 3 rings (SSSR count). The number of nitrogens with one attached hydrogen (secondary N) is 1. The normalized spacial score (nSPS) is 15.6. The topological polar surface area (TPSA) is 88.9 Å². The summed E-state index contributed by atoms with van der Waals surface area (Å²) in [5.41, 5.74) is 0.831. The van der Waals surface area contributed by atoms with E-state index in [0.717, 1.165) is 10.0 Å². The predicted octanol–water partition coefficient (Wildman–Crippen LogP) is 3.31. The Hall–Kier alpha value is -2.61. The maximum Gasteiger partial charge on any atom is 0.307 e. The molecule has 2 amide bonds. The molecule has 7 nitrogen and oxygen atoms in total. The number of ether oxygens (including phenoxy) is 1. The lowest BCUT2D eigenvalue weighted by molar-refractivity contribution is -0.141. The number of carbonyl (C=O) groups is 3. The smallest absolute Gasteiger partial charge is 0.307 e. The number of hydrogen-bond donors (Lipinski definition) is 1. The van der Waals surface area contributed by atoms with Crippen LogP contribution in [0, 0.1) is 5.92 Å². The van der Waals surface area contributed by atoms with E-state index in [-0.39, 0.29) is 24.2 Å². The summed E-state index contributed by atoms with van der Waals surface area (Å²) in [6.07, 6.45) is 2.64. The Morgan fingerprint density at radius 3 is 2.48 bits per heavy atom. The van der Waals surface area contributed by atoms with Gasteiger partial charge in [0.25, 0.3) is 5.91 Å². The Balaban J connectivity index is 1.60. The fraction of sp³-hybridized carbons (Fsp3) is 0.381. The molecule has 1 aliphatic heterocycles. The maximum absolute atomic E-state index is 12.8. The van der Waals surface area contributed by atoms with Gasteiger partial charge in [0.1, 0.15) is 0 Å². The summed E-state index contributed by atoms with van der Waals surface area (Å²) in [4.78, 5) is 38.7. The molecule has 1 fully saturated rings. The van der Waals surface area contributed by atoms with E-state index < -0.39 is 12.0 Å². The van der Waals surface area contributed by atoms with Gasteiger partial charge in [-0.05, 0) is 42.7 Å². The van der Waals surface area contributed by atoms with E-state index in [1.165, 1.54) is 13.4 Å². The summed E-state index contributed by atoms with van der Waals surface area (Å²) in [5, 5.41) is 2.98. The van der Waals surface area contributed by atoms with Crippen molar-refractivity contribution >= 4 is 33.7 Å². The van der Waals surface area contributed by atoms with E-state index in [9.17, 15) is 14.4 Å². The van der Waals surface area contributed by atoms with Gasteiger partial charge in [-0.1, -0.05) is 28.1 Å². The molecule has 0 bridgehead atoms. The lowest BCUT2D eigenvalue weighted by atomic mass is 9.94. The monoisotopic (exact) mass is 462 g/mol. The molecule has 1 unspecified atom stereocenters. The van der Waals surface area contributed by atoms with Crippen LogP contribution in [0.25, 0.3) is 0 Å². The van der Waals surface area contributed by atoms with Crippen molar-refractivity contribution in [2.45, 2.75) is 25.3 Å². The van der Waals surface area contributed by atoms with Gasteiger partial charge in [0.2, 0.25) is 5.91 Å². The van der Waals surface area contributed by atoms with E-state index in [4.69, 9.17) is 9.15 Å². The third kappa shape index (κ3) is 5.47. The number of rotatable bonds is 6. The van der Waals surface area contributed by atoms with Crippen LogP contribution in [0.2, 0.25) is 0 Å². The molecule has 1 aliphatic rings. The largest absolute Gasteiger partial charge is 0.469 e. The molecule has 0 saturated carbocycles. The van der Waals surface area contributed by atoms with Gasteiger partial charge in [0.05, 0.1) is 25.8 Å². The van der Waals surface area contributed by atoms with Crippen LogP contribution in [0.3, 0.4) is 0 Å². The molecule has 1 atom stereocenters. The summed E-state index contributed by atoms with van der Waals surface area (Å²) < 4.78 is 10.9. The first-order valence-corrected chi connectivity index (χ1v) is 10.2. The molecular weight excluding hydrogens is 440 g/mol. The first-order chi connectivity index (χ1) is 14.0. The number of amides is 2. The minimum Gasteiger partial charge on any atom is -0.469 e. The number of esters is 1. The van der Waals surface area contributed by atoms with Crippen molar-refractivity contribution in [2.75, 3.05) is 20.2 Å². The van der Waals surface area contributed by atoms with Crippen molar-refractivity contribution in [1.29, 1.82) is 0 Å². The highest BCUT2D eigenvalue weighted by Crippen LogP contribution is 2.24. The number of piperidine rings is 1. The molecule has 154 valence electrons. The maximum atomic E-state index is 12.8. The Morgan fingerprint density at radius 2 is 1.90 bits per heavy atom. The van der Waals surface area contributed by atoms with Crippen LogP contribution in [-0.4, -0.2) is 42.9 Å². The molecule has 29 heavy (non-hydrogen) atoms. The zero-order chi connectivity index (χ0) is 20.8. The van der Waals surface area contributed by atoms with Crippen LogP contribution < -0.4 is 5.32 Å². The lowest BCUT2D eigenvalue weighted by Crippen LogP contribution is -2.44. The van der Waals surface area contributed by atoms with Gasteiger partial charge in [0, 0.05) is 23.5 Å². The van der Waals surface area contributed by atoms with Crippen LogP contribution in [0.5, 0.6) is 0 Å². The number of hydrogen-bond acceptors (Lipinski definition) is 5. The quantitative estimate of drug-likeness (QED) is 0.665. The lowest BCUT2D eigenvalue weighted by Gasteiger charge is -2.31. The van der Waals surface area contributed by atoms with Crippen LogP contribution in [0.1, 0.15) is 41.4 Å². The molecule has 0 aliphatic carbocycles. The molecule has 2 heterocycles. The van der Waals surface area contributed by atoms with E-state index in [1.54, 1.807) is 17.0 Å². The molecule has 0 radical (unpaired) electrons. The van der Waals surface area contributed by atoms with E-state index in [1.807, 2.05) is 24.3 Å². The average molecular weight is 463 g/mol. The van der Waals surface area contributed by atoms with Crippen LogP contribution in [-0.2, 0) is 14.3 Å². The molecule has 1 N–H and O–H groups in total. The Bertz CT molecular complexity index is 842. The highest BCUT2D eigenvalue weighted by Gasteiger charge is 2.30. The third-order valence-corrected chi connectivity index (χ3v) is 5.60. The Morgan fingerprint density at radius 1 is 1.21 bits per heavy atom. The zero-order valence-corrected chi connectivity index (χ0v) is 17.7. The van der Waals surface area contributed by atoms with Crippen molar-refractivity contribution in [3.05, 3.63) is 58.5 Å². The number of carbonyl (C=O) groups excluding carboxylic acids is 3. The summed E-state index contributed by atoms with van der Waals surface area (Å²) in [6.45, 7) is 0.967. The van der Waals surface area contributed by atoms with E-state index >= 15 is 0 Å². The van der Waals surface area contributed by atoms with E-state index in [2.05, 4.69) is 21.2 Å².